The second kappa shape index (κ2) is 7.99. The number of nitrogens with zero attached hydrogens (tertiary/aromatic N) is 1. The summed E-state index contributed by atoms with van der Waals surface area (Å²) in [6.45, 7) is 0.350. The third kappa shape index (κ3) is 4.31. The molecule has 1 heterocycles. The highest BCUT2D eigenvalue weighted by molar-refractivity contribution is 5.98. The van der Waals surface area contributed by atoms with Gasteiger partial charge in [0.15, 0.2) is 0 Å². The second-order valence-corrected chi connectivity index (χ2v) is 6.33. The first-order valence-electron chi connectivity index (χ1n) is 8.48. The van der Waals surface area contributed by atoms with Crippen molar-refractivity contribution in [1.82, 2.24) is 4.90 Å². The maximum absolute atomic E-state index is 13.8. The van der Waals surface area contributed by atoms with Crippen LogP contribution in [0.2, 0.25) is 0 Å². The quantitative estimate of drug-likeness (QED) is 0.821. The van der Waals surface area contributed by atoms with Crippen molar-refractivity contribution in [2.75, 3.05) is 19.0 Å². The van der Waals surface area contributed by atoms with Crippen LogP contribution in [0.4, 0.5) is 10.1 Å². The van der Waals surface area contributed by atoms with Crippen molar-refractivity contribution in [3.8, 4) is 0 Å². The van der Waals surface area contributed by atoms with Gasteiger partial charge in [0.05, 0.1) is 18.6 Å². The first-order chi connectivity index (χ1) is 13.0. The number of halogens is 1. The van der Waals surface area contributed by atoms with Crippen LogP contribution in [0.1, 0.15) is 22.3 Å². The highest BCUT2D eigenvalue weighted by atomic mass is 19.1. The summed E-state index contributed by atoms with van der Waals surface area (Å²) in [5, 5.41) is 2.72. The van der Waals surface area contributed by atoms with Gasteiger partial charge < -0.3 is 15.0 Å². The fraction of sp³-hybridized carbons (Fsp3) is 0.250. The summed E-state index contributed by atoms with van der Waals surface area (Å²) in [6, 6.07) is 12.6. The van der Waals surface area contributed by atoms with Gasteiger partial charge in [0, 0.05) is 30.8 Å². The van der Waals surface area contributed by atoms with E-state index in [1.54, 1.807) is 36.4 Å². The first-order valence-corrected chi connectivity index (χ1v) is 8.48. The van der Waals surface area contributed by atoms with Gasteiger partial charge in [0.25, 0.3) is 0 Å². The molecule has 27 heavy (non-hydrogen) atoms. The fourth-order valence-electron chi connectivity index (χ4n) is 3.02. The highest BCUT2D eigenvalue weighted by Crippen LogP contribution is 2.23. The van der Waals surface area contributed by atoms with E-state index in [0.717, 1.165) is 0 Å². The molecule has 7 heteroatoms. The zero-order valence-corrected chi connectivity index (χ0v) is 14.8. The summed E-state index contributed by atoms with van der Waals surface area (Å²) in [4.78, 5) is 37.8. The van der Waals surface area contributed by atoms with Gasteiger partial charge >= 0.3 is 5.97 Å². The lowest BCUT2D eigenvalue weighted by Crippen LogP contribution is -2.28. The fourth-order valence-corrected chi connectivity index (χ4v) is 3.02. The predicted molar refractivity (Wildman–Crippen MR) is 96.3 cm³/mol. The molecule has 1 fully saturated rings. The number of methoxy groups -OCH3 is 1. The predicted octanol–water partition coefficient (Wildman–Crippen LogP) is 2.60. The Morgan fingerprint density at radius 3 is 2.74 bits per heavy atom. The minimum Gasteiger partial charge on any atom is -0.465 e. The summed E-state index contributed by atoms with van der Waals surface area (Å²) in [7, 11) is 1.28. The topological polar surface area (TPSA) is 75.7 Å². The lowest BCUT2D eigenvalue weighted by Gasteiger charge is -2.17. The third-order valence-electron chi connectivity index (χ3n) is 4.46. The molecule has 0 saturated carbocycles. The number of carbonyl (C=O) groups is 3. The van der Waals surface area contributed by atoms with Gasteiger partial charge in [-0.1, -0.05) is 24.3 Å². The molecule has 2 aromatic carbocycles. The average molecular weight is 370 g/mol. The molecule has 1 aliphatic heterocycles. The van der Waals surface area contributed by atoms with Crippen LogP contribution in [0.5, 0.6) is 0 Å². The second-order valence-electron chi connectivity index (χ2n) is 6.33. The summed E-state index contributed by atoms with van der Waals surface area (Å²) in [5.41, 5.74) is 1.18. The number of amides is 2. The van der Waals surface area contributed by atoms with Crippen LogP contribution < -0.4 is 5.32 Å². The van der Waals surface area contributed by atoms with Crippen molar-refractivity contribution < 1.29 is 23.5 Å². The Hall–Kier alpha value is -3.22. The SMILES string of the molecule is COC(=O)c1cccc(NC(=O)C2CC(=O)N(Cc3ccccc3F)C2)c1. The van der Waals surface area contributed by atoms with Crippen molar-refractivity contribution in [3.05, 3.63) is 65.5 Å². The molecular formula is C20H19FN2O4. The van der Waals surface area contributed by atoms with E-state index in [4.69, 9.17) is 0 Å². The van der Waals surface area contributed by atoms with E-state index in [-0.39, 0.29) is 37.1 Å². The summed E-state index contributed by atoms with van der Waals surface area (Å²) >= 11 is 0. The minimum absolute atomic E-state index is 0.0664. The lowest BCUT2D eigenvalue weighted by atomic mass is 10.1. The largest absolute Gasteiger partial charge is 0.465 e. The van der Waals surface area contributed by atoms with Gasteiger partial charge in [0.1, 0.15) is 5.82 Å². The van der Waals surface area contributed by atoms with Crippen molar-refractivity contribution in [2.24, 2.45) is 5.92 Å². The summed E-state index contributed by atoms with van der Waals surface area (Å²) in [6.07, 6.45) is 0.0664. The van der Waals surface area contributed by atoms with E-state index in [9.17, 15) is 18.8 Å². The molecule has 0 radical (unpaired) electrons. The highest BCUT2D eigenvalue weighted by Gasteiger charge is 2.34. The lowest BCUT2D eigenvalue weighted by molar-refractivity contribution is -0.128. The molecule has 0 bridgehead atoms. The minimum atomic E-state index is -0.536. The molecule has 1 aliphatic rings. The molecule has 1 N–H and O–H groups in total. The summed E-state index contributed by atoms with van der Waals surface area (Å²) in [5.74, 6) is -1.93. The molecule has 3 rings (SSSR count). The van der Waals surface area contributed by atoms with Gasteiger partial charge in [-0.15, -0.1) is 0 Å². The number of carbonyl (C=O) groups excluding carboxylic acids is 3. The van der Waals surface area contributed by atoms with E-state index in [1.165, 1.54) is 24.1 Å². The van der Waals surface area contributed by atoms with E-state index >= 15 is 0 Å². The Balaban J connectivity index is 1.64. The number of ether oxygens (including phenoxy) is 1. The monoisotopic (exact) mass is 370 g/mol. The number of nitrogens with one attached hydrogen (secondary N) is 1. The Kier molecular flexibility index (Phi) is 5.49. The number of benzene rings is 2. The van der Waals surface area contributed by atoms with Crippen LogP contribution in [0, 0.1) is 11.7 Å². The van der Waals surface area contributed by atoms with E-state index < -0.39 is 11.9 Å². The van der Waals surface area contributed by atoms with Crippen molar-refractivity contribution in [3.63, 3.8) is 0 Å². The molecule has 6 nitrogen and oxygen atoms in total. The number of hydrogen-bond acceptors (Lipinski definition) is 4. The van der Waals surface area contributed by atoms with E-state index in [0.29, 0.717) is 16.8 Å². The molecule has 1 atom stereocenters. The molecule has 1 unspecified atom stereocenters. The Morgan fingerprint density at radius 2 is 2.00 bits per heavy atom. The number of hydrogen-bond donors (Lipinski definition) is 1. The molecular weight excluding hydrogens is 351 g/mol. The number of anilines is 1. The molecule has 1 saturated heterocycles. The standard InChI is InChI=1S/C20H19FN2O4/c1-27-20(26)13-6-4-7-16(9-13)22-19(25)15-10-18(24)23(12-15)11-14-5-2-3-8-17(14)21/h2-9,15H,10-12H2,1H3,(H,22,25). The van der Waals surface area contributed by atoms with Crippen molar-refractivity contribution >= 4 is 23.5 Å². The molecule has 2 amide bonds. The van der Waals surface area contributed by atoms with Crippen LogP contribution >= 0.6 is 0 Å². The normalized spacial score (nSPS) is 16.3. The Morgan fingerprint density at radius 1 is 1.22 bits per heavy atom. The van der Waals surface area contributed by atoms with Crippen LogP contribution in [0.15, 0.2) is 48.5 Å². The molecule has 2 aromatic rings. The van der Waals surface area contributed by atoms with Gasteiger partial charge in [0.2, 0.25) is 11.8 Å². The number of likely N-dealkylation sites (tertiary alicyclic amines) is 1. The van der Waals surface area contributed by atoms with Crippen molar-refractivity contribution in [1.29, 1.82) is 0 Å². The summed E-state index contributed by atoms with van der Waals surface area (Å²) < 4.78 is 18.4. The zero-order valence-electron chi connectivity index (χ0n) is 14.8. The maximum atomic E-state index is 13.8. The van der Waals surface area contributed by atoms with Crippen LogP contribution in [0.3, 0.4) is 0 Å². The van der Waals surface area contributed by atoms with Crippen LogP contribution in [-0.2, 0) is 20.9 Å². The van der Waals surface area contributed by atoms with E-state index in [2.05, 4.69) is 10.1 Å². The zero-order chi connectivity index (χ0) is 19.4. The third-order valence-corrected chi connectivity index (χ3v) is 4.46. The van der Waals surface area contributed by atoms with Crippen LogP contribution in [0.25, 0.3) is 0 Å². The van der Waals surface area contributed by atoms with Gasteiger partial charge in [-0.3, -0.25) is 9.59 Å². The maximum Gasteiger partial charge on any atom is 0.337 e. The Bertz CT molecular complexity index is 884. The molecule has 0 aromatic heterocycles. The molecule has 0 aliphatic carbocycles. The molecule has 140 valence electrons. The van der Waals surface area contributed by atoms with E-state index in [1.807, 2.05) is 0 Å². The Labute approximate surface area is 155 Å². The van der Waals surface area contributed by atoms with Gasteiger partial charge in [-0.2, -0.15) is 0 Å². The van der Waals surface area contributed by atoms with Crippen molar-refractivity contribution in [2.45, 2.75) is 13.0 Å². The van der Waals surface area contributed by atoms with Gasteiger partial charge in [-0.25, -0.2) is 9.18 Å². The number of esters is 1. The van der Waals surface area contributed by atoms with Gasteiger partial charge in [-0.05, 0) is 24.3 Å². The number of rotatable bonds is 5. The molecule has 0 spiro atoms. The average Bonchev–Trinajstić information content (AvgIpc) is 3.04. The van der Waals surface area contributed by atoms with Crippen LogP contribution in [-0.4, -0.2) is 36.3 Å². The smallest absolute Gasteiger partial charge is 0.337 e. The first kappa shape index (κ1) is 18.6.